The third-order valence-electron chi connectivity index (χ3n) is 4.73. The van der Waals surface area contributed by atoms with Gasteiger partial charge in [-0.15, -0.1) is 0 Å². The largest absolute Gasteiger partial charge is 0.350 e. The highest BCUT2D eigenvalue weighted by molar-refractivity contribution is 7.98. The molecule has 31 heavy (non-hydrogen) atoms. The van der Waals surface area contributed by atoms with Gasteiger partial charge in [-0.3, -0.25) is 9.36 Å². The zero-order chi connectivity index (χ0) is 21.8. The van der Waals surface area contributed by atoms with E-state index < -0.39 is 0 Å². The molecule has 5 nitrogen and oxygen atoms in total. The molecule has 0 spiro atoms. The Morgan fingerprint density at radius 3 is 2.48 bits per heavy atom. The number of halogens is 1. The first-order valence-corrected chi connectivity index (χ1v) is 11.1. The first-order chi connectivity index (χ1) is 15.0. The van der Waals surface area contributed by atoms with Gasteiger partial charge in [0.05, 0.1) is 6.54 Å². The van der Waals surface area contributed by atoms with Gasteiger partial charge >= 0.3 is 0 Å². The fourth-order valence-electron chi connectivity index (χ4n) is 3.21. The number of benzene rings is 2. The average Bonchev–Trinajstić information content (AvgIpc) is 3.11. The van der Waals surface area contributed by atoms with Crippen molar-refractivity contribution in [2.75, 3.05) is 0 Å². The molecule has 2 aromatic heterocycles. The van der Waals surface area contributed by atoms with Crippen molar-refractivity contribution in [1.82, 2.24) is 19.9 Å². The maximum atomic E-state index is 13.2. The second kappa shape index (κ2) is 9.31. The van der Waals surface area contributed by atoms with Crippen molar-refractivity contribution in [3.05, 3.63) is 89.4 Å². The molecule has 2 aromatic carbocycles. The molecule has 0 bridgehead atoms. The van der Waals surface area contributed by atoms with Crippen molar-refractivity contribution in [3.8, 4) is 0 Å². The van der Waals surface area contributed by atoms with E-state index in [4.69, 9.17) is 4.98 Å². The highest BCUT2D eigenvalue weighted by atomic mass is 32.2. The molecule has 0 unspecified atom stereocenters. The molecule has 1 amide bonds. The number of pyridine rings is 1. The van der Waals surface area contributed by atoms with Crippen LogP contribution in [0.5, 0.6) is 0 Å². The zero-order valence-electron chi connectivity index (χ0n) is 17.4. The Balaban J connectivity index is 1.57. The molecule has 0 saturated heterocycles. The van der Waals surface area contributed by atoms with Gasteiger partial charge in [-0.05, 0) is 61.4 Å². The Labute approximate surface area is 184 Å². The lowest BCUT2D eigenvalue weighted by molar-refractivity contribution is 0.0943. The van der Waals surface area contributed by atoms with Crippen molar-refractivity contribution in [2.24, 2.45) is 0 Å². The van der Waals surface area contributed by atoms with Gasteiger partial charge in [0.15, 0.2) is 10.8 Å². The smallest absolute Gasteiger partial charge is 0.251 e. The monoisotopic (exact) mass is 434 g/mol. The number of aromatic nitrogens is 3. The Bertz CT molecular complexity index is 1190. The van der Waals surface area contributed by atoms with E-state index in [9.17, 15) is 9.18 Å². The number of hydrogen-bond donors (Lipinski definition) is 1. The Hall–Kier alpha value is -3.19. The first kappa shape index (κ1) is 21.1. The minimum absolute atomic E-state index is 0.0770. The predicted octanol–water partition coefficient (Wildman–Crippen LogP) is 5.05. The van der Waals surface area contributed by atoms with Crippen LogP contribution in [0, 0.1) is 5.82 Å². The minimum atomic E-state index is -0.240. The number of imidazole rings is 1. The number of nitrogens with one attached hydrogen (secondary N) is 1. The molecular weight excluding hydrogens is 411 g/mol. The number of amides is 1. The lowest BCUT2D eigenvalue weighted by Gasteiger charge is -2.11. The number of rotatable bonds is 7. The number of thioether (sulfide) groups is 1. The highest BCUT2D eigenvalue weighted by Gasteiger charge is 2.14. The summed E-state index contributed by atoms with van der Waals surface area (Å²) in [7, 11) is 0. The molecule has 0 aliphatic heterocycles. The second-order valence-corrected chi connectivity index (χ2v) is 8.51. The number of carbonyl (C=O) groups excluding carboxylic acids is 1. The molecule has 0 saturated carbocycles. The van der Waals surface area contributed by atoms with E-state index in [1.807, 2.05) is 50.2 Å². The Morgan fingerprint density at radius 1 is 1.06 bits per heavy atom. The summed E-state index contributed by atoms with van der Waals surface area (Å²) in [5.74, 6) is 0.361. The summed E-state index contributed by atoms with van der Waals surface area (Å²) >= 11 is 1.59. The molecule has 1 N–H and O–H groups in total. The van der Waals surface area contributed by atoms with Gasteiger partial charge in [-0.2, -0.15) is 0 Å². The van der Waals surface area contributed by atoms with E-state index in [1.54, 1.807) is 30.1 Å². The summed E-state index contributed by atoms with van der Waals surface area (Å²) < 4.78 is 15.3. The fraction of sp³-hybridized carbons (Fsp3) is 0.208. The summed E-state index contributed by atoms with van der Waals surface area (Å²) in [4.78, 5) is 21.5. The minimum Gasteiger partial charge on any atom is -0.350 e. The van der Waals surface area contributed by atoms with Crippen molar-refractivity contribution in [2.45, 2.75) is 37.3 Å². The van der Waals surface area contributed by atoms with Crippen molar-refractivity contribution < 1.29 is 9.18 Å². The quantitative estimate of drug-likeness (QED) is 0.414. The first-order valence-electron chi connectivity index (χ1n) is 10.1. The third kappa shape index (κ3) is 5.11. The standard InChI is InChI=1S/C24H23FN4OS/c1-16(2)27-23(30)19-9-5-17(6-10-19)14-29-22-21(4-3-13-26-22)28-24(29)31-15-18-7-11-20(25)12-8-18/h3-13,16H,14-15H2,1-2H3,(H,27,30). The predicted molar refractivity (Wildman–Crippen MR) is 122 cm³/mol. The number of hydrogen-bond acceptors (Lipinski definition) is 4. The SMILES string of the molecule is CC(C)NC(=O)c1ccc(Cn2c(SCc3ccc(F)cc3)nc3cccnc32)cc1. The van der Waals surface area contributed by atoms with Crippen LogP contribution >= 0.6 is 11.8 Å². The van der Waals surface area contributed by atoms with Crippen molar-refractivity contribution >= 4 is 28.8 Å². The van der Waals surface area contributed by atoms with E-state index >= 15 is 0 Å². The van der Waals surface area contributed by atoms with E-state index in [0.29, 0.717) is 17.9 Å². The van der Waals surface area contributed by atoms with Gasteiger partial charge < -0.3 is 5.32 Å². The summed E-state index contributed by atoms with van der Waals surface area (Å²) in [6.45, 7) is 4.47. The lowest BCUT2D eigenvalue weighted by atomic mass is 10.1. The third-order valence-corrected chi connectivity index (χ3v) is 5.77. The highest BCUT2D eigenvalue weighted by Crippen LogP contribution is 2.27. The molecule has 0 radical (unpaired) electrons. The van der Waals surface area contributed by atoms with Crippen LogP contribution in [-0.2, 0) is 12.3 Å². The van der Waals surface area contributed by atoms with Crippen LogP contribution in [0.25, 0.3) is 11.2 Å². The van der Waals surface area contributed by atoms with Crippen LogP contribution in [0.4, 0.5) is 4.39 Å². The summed E-state index contributed by atoms with van der Waals surface area (Å²) in [6, 6.07) is 18.0. The topological polar surface area (TPSA) is 59.8 Å². The lowest BCUT2D eigenvalue weighted by Crippen LogP contribution is -2.30. The van der Waals surface area contributed by atoms with Gasteiger partial charge in [0.1, 0.15) is 11.3 Å². The van der Waals surface area contributed by atoms with Gasteiger partial charge in [0.2, 0.25) is 0 Å². The fourth-order valence-corrected chi connectivity index (χ4v) is 4.17. The van der Waals surface area contributed by atoms with E-state index in [-0.39, 0.29) is 17.8 Å². The van der Waals surface area contributed by atoms with E-state index in [1.165, 1.54) is 12.1 Å². The summed E-state index contributed by atoms with van der Waals surface area (Å²) in [5, 5.41) is 3.75. The molecule has 4 aromatic rings. The normalized spacial score (nSPS) is 11.2. The van der Waals surface area contributed by atoms with Gasteiger partial charge in [-0.1, -0.05) is 36.0 Å². The van der Waals surface area contributed by atoms with Crippen LogP contribution in [0.2, 0.25) is 0 Å². The van der Waals surface area contributed by atoms with Crippen molar-refractivity contribution in [3.63, 3.8) is 0 Å². The molecule has 158 valence electrons. The second-order valence-electron chi connectivity index (χ2n) is 7.57. The summed E-state index contributed by atoms with van der Waals surface area (Å²) in [5.41, 5.74) is 4.35. The van der Waals surface area contributed by atoms with E-state index in [2.05, 4.69) is 14.9 Å². The molecule has 0 atom stereocenters. The molecule has 0 aliphatic rings. The zero-order valence-corrected chi connectivity index (χ0v) is 18.2. The number of carbonyl (C=O) groups is 1. The molecule has 4 rings (SSSR count). The van der Waals surface area contributed by atoms with Gasteiger partial charge in [0.25, 0.3) is 5.91 Å². The molecule has 0 fully saturated rings. The van der Waals surface area contributed by atoms with Crippen LogP contribution in [0.1, 0.15) is 35.3 Å². The molecular formula is C24H23FN4OS. The average molecular weight is 435 g/mol. The molecule has 0 aliphatic carbocycles. The number of nitrogens with zero attached hydrogens (tertiary/aromatic N) is 3. The maximum Gasteiger partial charge on any atom is 0.251 e. The Kier molecular flexibility index (Phi) is 6.32. The molecule has 7 heteroatoms. The number of fused-ring (bicyclic) bond motifs is 1. The van der Waals surface area contributed by atoms with E-state index in [0.717, 1.165) is 27.4 Å². The van der Waals surface area contributed by atoms with Crippen LogP contribution in [-0.4, -0.2) is 26.5 Å². The van der Waals surface area contributed by atoms with Crippen LogP contribution < -0.4 is 5.32 Å². The van der Waals surface area contributed by atoms with Gasteiger partial charge in [0, 0.05) is 23.6 Å². The molecule has 2 heterocycles. The maximum absolute atomic E-state index is 13.2. The van der Waals surface area contributed by atoms with Gasteiger partial charge in [-0.25, -0.2) is 14.4 Å². The Morgan fingerprint density at radius 2 is 1.77 bits per heavy atom. The van der Waals surface area contributed by atoms with Crippen LogP contribution in [0.3, 0.4) is 0 Å². The summed E-state index contributed by atoms with van der Waals surface area (Å²) in [6.07, 6.45) is 1.76. The van der Waals surface area contributed by atoms with Crippen LogP contribution in [0.15, 0.2) is 72.0 Å². The van der Waals surface area contributed by atoms with Crippen molar-refractivity contribution in [1.29, 1.82) is 0 Å².